The minimum absolute atomic E-state index is 0.219. The van der Waals surface area contributed by atoms with Crippen LogP contribution in [0.25, 0.3) is 55.2 Å². The zero-order valence-electron chi connectivity index (χ0n) is 16.6. The molecule has 0 fully saturated rings. The fourth-order valence-corrected chi connectivity index (χ4v) is 4.56. The number of H-pyrrole nitrogens is 2. The molecule has 0 radical (unpaired) electrons. The molecule has 0 saturated carbocycles. The number of nitrogens with one attached hydrogen (secondary N) is 2. The smallest absolute Gasteiger partial charge is 0.176 e. The Morgan fingerprint density at radius 2 is 1.97 bits per heavy atom. The lowest BCUT2D eigenvalue weighted by atomic mass is 10.1. The van der Waals surface area contributed by atoms with Crippen molar-refractivity contribution in [3.8, 4) is 33.2 Å². The summed E-state index contributed by atoms with van der Waals surface area (Å²) < 4.78 is 15.6. The van der Waals surface area contributed by atoms with E-state index in [4.69, 9.17) is 4.98 Å². The highest BCUT2D eigenvalue weighted by molar-refractivity contribution is 7.14. The lowest BCUT2D eigenvalue weighted by molar-refractivity contribution is 0.657. The molecule has 0 amide bonds. The van der Waals surface area contributed by atoms with Gasteiger partial charge in [0.05, 0.1) is 40.5 Å². The molecule has 6 aromatic rings. The Balaban J connectivity index is 1.52. The van der Waals surface area contributed by atoms with E-state index in [0.717, 1.165) is 72.3 Å². The van der Waals surface area contributed by atoms with Crippen LogP contribution in [-0.2, 0) is 7.05 Å². The zero-order chi connectivity index (χ0) is 21.1. The Morgan fingerprint density at radius 1 is 1.06 bits per heavy atom. The maximum absolute atomic E-state index is 13.6. The first-order valence-electron chi connectivity index (χ1n) is 9.65. The normalized spacial score (nSPS) is 11.7. The molecule has 0 aliphatic heterocycles. The number of halogens is 1. The summed E-state index contributed by atoms with van der Waals surface area (Å²) in [6.45, 7) is 1.96. The van der Waals surface area contributed by atoms with Crippen molar-refractivity contribution in [1.29, 1.82) is 0 Å². The molecule has 0 aromatic carbocycles. The Labute approximate surface area is 179 Å². The summed E-state index contributed by atoms with van der Waals surface area (Å²) >= 11 is 1.10. The van der Waals surface area contributed by atoms with Crippen molar-refractivity contribution < 1.29 is 4.39 Å². The van der Waals surface area contributed by atoms with Crippen LogP contribution < -0.4 is 0 Å². The number of thiophene rings is 1. The molecule has 9 heteroatoms. The van der Waals surface area contributed by atoms with E-state index in [1.54, 1.807) is 18.5 Å². The van der Waals surface area contributed by atoms with Crippen molar-refractivity contribution in [3.05, 3.63) is 59.9 Å². The molecule has 0 bridgehead atoms. The minimum Gasteiger partial charge on any atom is -0.352 e. The van der Waals surface area contributed by atoms with Crippen molar-refractivity contribution in [2.75, 3.05) is 0 Å². The van der Waals surface area contributed by atoms with Crippen LogP contribution in [0, 0.1) is 12.1 Å². The van der Waals surface area contributed by atoms with Crippen LogP contribution in [0.4, 0.5) is 4.39 Å². The van der Waals surface area contributed by atoms with Gasteiger partial charge in [0.25, 0.3) is 0 Å². The molecular formula is C22H16FN7S. The molecule has 0 atom stereocenters. The molecule has 31 heavy (non-hydrogen) atoms. The Kier molecular flexibility index (Phi) is 3.81. The highest BCUT2D eigenvalue weighted by Crippen LogP contribution is 2.36. The molecule has 152 valence electrons. The number of aromatic amines is 2. The summed E-state index contributed by atoms with van der Waals surface area (Å²) in [7, 11) is 1.97. The van der Waals surface area contributed by atoms with Crippen LogP contribution in [0.2, 0.25) is 0 Å². The number of hydrogen-bond acceptors (Lipinski definition) is 5. The largest absolute Gasteiger partial charge is 0.352 e. The first kappa shape index (κ1) is 18.0. The van der Waals surface area contributed by atoms with Crippen LogP contribution in [0.5, 0.6) is 0 Å². The summed E-state index contributed by atoms with van der Waals surface area (Å²) in [5, 5.41) is 8.31. The molecule has 0 aliphatic carbocycles. The van der Waals surface area contributed by atoms with Crippen LogP contribution in [0.3, 0.4) is 0 Å². The van der Waals surface area contributed by atoms with E-state index in [0.29, 0.717) is 0 Å². The second-order valence-corrected chi connectivity index (χ2v) is 8.38. The summed E-state index contributed by atoms with van der Waals surface area (Å²) in [6.07, 6.45) is 5.34. The van der Waals surface area contributed by atoms with Crippen LogP contribution in [0.1, 0.15) is 5.82 Å². The van der Waals surface area contributed by atoms with Gasteiger partial charge in [-0.2, -0.15) is 9.49 Å². The number of nitrogens with zero attached hydrogens (tertiary/aromatic N) is 5. The van der Waals surface area contributed by atoms with Crippen molar-refractivity contribution in [1.82, 2.24) is 34.7 Å². The van der Waals surface area contributed by atoms with E-state index in [-0.39, 0.29) is 5.13 Å². The lowest BCUT2D eigenvalue weighted by Crippen LogP contribution is -1.96. The summed E-state index contributed by atoms with van der Waals surface area (Å²) in [4.78, 5) is 17.8. The van der Waals surface area contributed by atoms with Crippen molar-refractivity contribution in [2.45, 2.75) is 6.92 Å². The molecule has 6 heterocycles. The summed E-state index contributed by atoms with van der Waals surface area (Å²) in [5.41, 5.74) is 6.65. The Morgan fingerprint density at radius 3 is 2.74 bits per heavy atom. The Bertz CT molecular complexity index is 1590. The van der Waals surface area contributed by atoms with Crippen LogP contribution in [-0.4, -0.2) is 34.7 Å². The molecule has 0 saturated heterocycles. The van der Waals surface area contributed by atoms with E-state index in [1.807, 2.05) is 42.9 Å². The minimum atomic E-state index is -0.219. The summed E-state index contributed by atoms with van der Waals surface area (Å²) in [5.74, 6) is 0.921. The number of aryl methyl sites for hydroxylation is 1. The average molecular weight is 429 g/mol. The highest BCUT2D eigenvalue weighted by atomic mass is 32.1. The van der Waals surface area contributed by atoms with E-state index in [2.05, 4.69) is 25.1 Å². The van der Waals surface area contributed by atoms with Crippen molar-refractivity contribution >= 4 is 33.3 Å². The van der Waals surface area contributed by atoms with Gasteiger partial charge < -0.3 is 9.55 Å². The standard InChI is InChI=1S/C22H16FN7S/c1-11-25-10-18(30(11)2)14-3-4-15-21(27-14)22(29-28-15)16-7-12-13(8-24-9-17(12)26-16)19-5-6-20(23)31-19/h3-10,26H,1-2H3,(H,28,29). The first-order chi connectivity index (χ1) is 15.1. The second kappa shape index (κ2) is 6.58. The predicted octanol–water partition coefficient (Wildman–Crippen LogP) is 5.08. The van der Waals surface area contributed by atoms with Gasteiger partial charge in [-0.15, -0.1) is 11.3 Å². The van der Waals surface area contributed by atoms with Gasteiger partial charge in [-0.1, -0.05) is 0 Å². The van der Waals surface area contributed by atoms with Gasteiger partial charge in [0, 0.05) is 29.1 Å². The highest BCUT2D eigenvalue weighted by Gasteiger charge is 2.17. The predicted molar refractivity (Wildman–Crippen MR) is 119 cm³/mol. The first-order valence-corrected chi connectivity index (χ1v) is 10.5. The fraction of sp³-hybridized carbons (Fsp3) is 0.0909. The Hall–Kier alpha value is -3.85. The van der Waals surface area contributed by atoms with Gasteiger partial charge >= 0.3 is 0 Å². The average Bonchev–Trinajstić information content (AvgIpc) is 3.54. The number of imidazole rings is 1. The van der Waals surface area contributed by atoms with E-state index >= 15 is 0 Å². The second-order valence-electron chi connectivity index (χ2n) is 7.35. The fourth-order valence-electron chi connectivity index (χ4n) is 3.80. The monoisotopic (exact) mass is 429 g/mol. The molecule has 0 aliphatic rings. The third-order valence-electron chi connectivity index (χ3n) is 5.53. The van der Waals surface area contributed by atoms with Gasteiger partial charge in [0.1, 0.15) is 17.0 Å². The third kappa shape index (κ3) is 2.77. The quantitative estimate of drug-likeness (QED) is 0.411. The van der Waals surface area contributed by atoms with Crippen molar-refractivity contribution in [3.63, 3.8) is 0 Å². The van der Waals surface area contributed by atoms with Gasteiger partial charge in [-0.3, -0.25) is 10.1 Å². The molecule has 7 nitrogen and oxygen atoms in total. The lowest BCUT2D eigenvalue weighted by Gasteiger charge is -2.03. The topological polar surface area (TPSA) is 88.1 Å². The molecule has 2 N–H and O–H groups in total. The van der Waals surface area contributed by atoms with Crippen LogP contribution in [0.15, 0.2) is 48.9 Å². The zero-order valence-corrected chi connectivity index (χ0v) is 17.5. The molecule has 0 unspecified atom stereocenters. The summed E-state index contributed by atoms with van der Waals surface area (Å²) in [6, 6.07) is 9.19. The van der Waals surface area contributed by atoms with Crippen LogP contribution >= 0.6 is 11.3 Å². The molecule has 0 spiro atoms. The van der Waals surface area contributed by atoms with Gasteiger partial charge in [0.15, 0.2) is 5.13 Å². The van der Waals surface area contributed by atoms with Gasteiger partial charge in [-0.05, 0) is 37.3 Å². The maximum atomic E-state index is 13.6. The number of hydrogen-bond donors (Lipinski definition) is 2. The third-order valence-corrected chi connectivity index (χ3v) is 6.44. The van der Waals surface area contributed by atoms with Crippen molar-refractivity contribution in [2.24, 2.45) is 7.05 Å². The number of pyridine rings is 2. The molecule has 6 rings (SSSR count). The molecule has 6 aromatic heterocycles. The van der Waals surface area contributed by atoms with Gasteiger partial charge in [0.2, 0.25) is 0 Å². The SMILES string of the molecule is Cc1ncc(-c2ccc3[nH]nc(-c4cc5c(-c6ccc(F)s6)cncc5[nH]4)c3n2)n1C. The number of fused-ring (bicyclic) bond motifs is 2. The van der Waals surface area contributed by atoms with E-state index < -0.39 is 0 Å². The van der Waals surface area contributed by atoms with Gasteiger partial charge in [-0.25, -0.2) is 9.97 Å². The van der Waals surface area contributed by atoms with E-state index in [1.165, 1.54) is 6.07 Å². The van der Waals surface area contributed by atoms with E-state index in [9.17, 15) is 4.39 Å². The molecular weight excluding hydrogens is 413 g/mol. The number of rotatable bonds is 3. The number of aromatic nitrogens is 7. The maximum Gasteiger partial charge on any atom is 0.176 e.